The van der Waals surface area contributed by atoms with Crippen LogP contribution in [0.25, 0.3) is 11.2 Å². The maximum absolute atomic E-state index is 12.9. The number of imidazole rings is 1. The van der Waals surface area contributed by atoms with Crippen LogP contribution in [0.3, 0.4) is 0 Å². The highest BCUT2D eigenvalue weighted by Gasteiger charge is 2.33. The number of ether oxygens (including phenoxy) is 1. The number of fused-ring (bicyclic) bond motifs is 1. The van der Waals surface area contributed by atoms with E-state index >= 15 is 0 Å². The number of hydrogen-bond acceptors (Lipinski definition) is 8. The van der Waals surface area contributed by atoms with Crippen molar-refractivity contribution in [2.45, 2.75) is 39.5 Å². The molecule has 2 amide bonds. The fourth-order valence-electron chi connectivity index (χ4n) is 3.29. The molecule has 1 fully saturated rings. The average molecular weight is 508 g/mol. The molecule has 0 saturated carbocycles. The van der Waals surface area contributed by atoms with Crippen LogP contribution in [0.15, 0.2) is 22.2 Å². The number of nitrogens with zero attached hydrogens (tertiary/aromatic N) is 7. The molecule has 0 spiro atoms. The number of anilines is 1. The number of nitrogens with one attached hydrogen (secondary N) is 2. The zero-order chi connectivity index (χ0) is 23.0. The predicted octanol–water partition coefficient (Wildman–Crippen LogP) is 1.35. The summed E-state index contributed by atoms with van der Waals surface area (Å²) in [6.45, 7) is 5.98. The van der Waals surface area contributed by atoms with Crippen LogP contribution in [0.1, 0.15) is 33.4 Å². The highest BCUT2D eigenvalue weighted by atomic mass is 79.9. The maximum Gasteiger partial charge on any atom is 0.346 e. The summed E-state index contributed by atoms with van der Waals surface area (Å²) in [7, 11) is 0. The van der Waals surface area contributed by atoms with Crippen molar-refractivity contribution in [3.8, 4) is 0 Å². The molecular weight excluding hydrogens is 486 g/mol. The van der Waals surface area contributed by atoms with Crippen LogP contribution in [0.2, 0.25) is 0 Å². The van der Waals surface area contributed by atoms with Crippen LogP contribution in [-0.2, 0) is 9.53 Å². The number of aromatic nitrogens is 7. The van der Waals surface area contributed by atoms with Crippen molar-refractivity contribution in [2.75, 3.05) is 18.4 Å². The summed E-state index contributed by atoms with van der Waals surface area (Å²) in [5.74, 6) is -0.551. The van der Waals surface area contributed by atoms with Crippen LogP contribution in [0, 0.1) is 5.92 Å². The third-order valence-corrected chi connectivity index (χ3v) is 5.41. The Balaban J connectivity index is 1.67. The minimum Gasteiger partial charge on any atom is -0.351 e. The van der Waals surface area contributed by atoms with Crippen LogP contribution in [-0.4, -0.2) is 70.3 Å². The molecule has 4 rings (SSSR count). The first kappa shape index (κ1) is 22.1. The second-order valence-electron chi connectivity index (χ2n) is 7.65. The van der Waals surface area contributed by atoms with E-state index in [1.807, 2.05) is 6.92 Å². The van der Waals surface area contributed by atoms with Gasteiger partial charge < -0.3 is 9.64 Å². The zero-order valence-electron chi connectivity index (χ0n) is 17.6. The lowest BCUT2D eigenvalue weighted by atomic mass is 10.2. The van der Waals surface area contributed by atoms with Gasteiger partial charge in [0.1, 0.15) is 6.33 Å². The number of carbonyl (C=O) groups excluding carboxylic acids is 2. The van der Waals surface area contributed by atoms with Crippen molar-refractivity contribution < 1.29 is 14.3 Å². The Labute approximate surface area is 190 Å². The molecule has 0 radical (unpaired) electrons. The van der Waals surface area contributed by atoms with E-state index in [0.29, 0.717) is 17.7 Å². The summed E-state index contributed by atoms with van der Waals surface area (Å²) in [5.41, 5.74) is -0.144. The highest BCUT2D eigenvalue weighted by Crippen LogP contribution is 2.25. The van der Waals surface area contributed by atoms with E-state index in [0.717, 1.165) is 4.68 Å². The van der Waals surface area contributed by atoms with Gasteiger partial charge in [0, 0.05) is 12.5 Å². The highest BCUT2D eigenvalue weighted by molar-refractivity contribution is 9.10. The molecule has 0 aromatic carbocycles. The van der Waals surface area contributed by atoms with Gasteiger partial charge in [-0.1, -0.05) is 20.8 Å². The van der Waals surface area contributed by atoms with Crippen molar-refractivity contribution in [3.63, 3.8) is 0 Å². The summed E-state index contributed by atoms with van der Waals surface area (Å²) in [5, 5.41) is 6.60. The SMILES string of the molecule is CC[C@@H]1CN(C(=O)n2cnc(Br)n2)C[C@H](n2cnc3c(=O)[nH]c(NC(=O)C(C)C)nc32)O1. The molecule has 0 aliphatic carbocycles. The minimum atomic E-state index is -0.641. The smallest absolute Gasteiger partial charge is 0.346 e. The molecule has 1 aliphatic heterocycles. The molecule has 0 unspecified atom stereocenters. The Morgan fingerprint density at radius 2 is 2.09 bits per heavy atom. The fourth-order valence-corrected chi connectivity index (χ4v) is 3.55. The molecule has 14 heteroatoms. The van der Waals surface area contributed by atoms with Crippen molar-refractivity contribution in [1.29, 1.82) is 0 Å². The zero-order valence-corrected chi connectivity index (χ0v) is 19.2. The Kier molecular flexibility index (Phi) is 6.06. The van der Waals surface area contributed by atoms with Gasteiger partial charge in [0.05, 0.1) is 19.0 Å². The van der Waals surface area contributed by atoms with Gasteiger partial charge in [-0.05, 0) is 22.4 Å². The molecule has 13 nitrogen and oxygen atoms in total. The standard InChI is InChI=1S/C18H22BrN9O4/c1-4-10-5-26(18(31)28-8-21-16(19)25-28)6-11(32-10)27-7-20-12-13(27)22-17(24-15(12)30)23-14(29)9(2)3/h7-11H,4-6H2,1-3H3,(H2,22,23,24,29,30)/t10-,11-/m1/s1. The first-order valence-corrected chi connectivity index (χ1v) is 10.9. The first-order chi connectivity index (χ1) is 15.3. The van der Waals surface area contributed by atoms with Crippen molar-refractivity contribution in [3.05, 3.63) is 27.7 Å². The Morgan fingerprint density at radius 3 is 2.75 bits per heavy atom. The summed E-state index contributed by atoms with van der Waals surface area (Å²) in [6.07, 6.45) is 2.55. The number of carbonyl (C=O) groups is 2. The Hall–Kier alpha value is -3.13. The van der Waals surface area contributed by atoms with Gasteiger partial charge in [0.2, 0.25) is 16.6 Å². The van der Waals surface area contributed by atoms with E-state index in [1.165, 1.54) is 12.7 Å². The topological polar surface area (TPSA) is 153 Å². The summed E-state index contributed by atoms with van der Waals surface area (Å²) in [6, 6.07) is -0.352. The first-order valence-electron chi connectivity index (χ1n) is 10.1. The number of morpholine rings is 1. The molecule has 2 N–H and O–H groups in total. The van der Waals surface area contributed by atoms with Gasteiger partial charge in [0.25, 0.3) is 5.56 Å². The van der Waals surface area contributed by atoms with Crippen molar-refractivity contribution in [1.82, 2.24) is 39.2 Å². The summed E-state index contributed by atoms with van der Waals surface area (Å²) < 4.78 is 9.19. The van der Waals surface area contributed by atoms with Gasteiger partial charge in [-0.2, -0.15) is 9.67 Å². The lowest BCUT2D eigenvalue weighted by molar-refractivity contribution is -0.118. The lowest BCUT2D eigenvalue weighted by Gasteiger charge is -2.37. The second-order valence-corrected chi connectivity index (χ2v) is 8.36. The lowest BCUT2D eigenvalue weighted by Crippen LogP contribution is -2.49. The number of halogens is 1. The van der Waals surface area contributed by atoms with Crippen molar-refractivity contribution >= 4 is 45.0 Å². The fraction of sp³-hybridized carbons (Fsp3) is 0.500. The Bertz CT molecular complexity index is 1220. The molecule has 2 atom stereocenters. The third-order valence-electron chi connectivity index (χ3n) is 5.04. The van der Waals surface area contributed by atoms with E-state index in [4.69, 9.17) is 4.74 Å². The molecule has 1 aliphatic rings. The van der Waals surface area contributed by atoms with Crippen LogP contribution in [0.4, 0.5) is 10.7 Å². The number of H-pyrrole nitrogens is 1. The van der Waals surface area contributed by atoms with Gasteiger partial charge in [-0.15, -0.1) is 5.10 Å². The van der Waals surface area contributed by atoms with Gasteiger partial charge in [-0.3, -0.25) is 24.5 Å². The van der Waals surface area contributed by atoms with Gasteiger partial charge in [-0.25, -0.2) is 14.8 Å². The number of amides is 2. The number of hydrogen-bond donors (Lipinski definition) is 2. The monoisotopic (exact) mass is 507 g/mol. The molecule has 32 heavy (non-hydrogen) atoms. The molecule has 0 bridgehead atoms. The second kappa shape index (κ2) is 8.78. The molecule has 4 heterocycles. The largest absolute Gasteiger partial charge is 0.351 e. The molecule has 3 aromatic heterocycles. The summed E-state index contributed by atoms with van der Waals surface area (Å²) >= 11 is 3.14. The number of aromatic amines is 1. The minimum absolute atomic E-state index is 0.0196. The third kappa shape index (κ3) is 4.27. The molecule has 3 aromatic rings. The summed E-state index contributed by atoms with van der Waals surface area (Å²) in [4.78, 5) is 54.0. The normalized spacial score (nSPS) is 19.0. The number of rotatable bonds is 4. The van der Waals surface area contributed by atoms with Crippen LogP contribution in [0.5, 0.6) is 0 Å². The quantitative estimate of drug-likeness (QED) is 0.536. The van der Waals surface area contributed by atoms with E-state index in [9.17, 15) is 14.4 Å². The van der Waals surface area contributed by atoms with Crippen LogP contribution >= 0.6 is 15.9 Å². The van der Waals surface area contributed by atoms with E-state index in [-0.39, 0.29) is 47.6 Å². The van der Waals surface area contributed by atoms with E-state index in [2.05, 4.69) is 46.3 Å². The van der Waals surface area contributed by atoms with E-state index in [1.54, 1.807) is 23.3 Å². The van der Waals surface area contributed by atoms with Gasteiger partial charge >= 0.3 is 6.03 Å². The molecular formula is C18H22BrN9O4. The molecule has 170 valence electrons. The van der Waals surface area contributed by atoms with Gasteiger partial charge in [0.15, 0.2) is 17.4 Å². The molecule has 1 saturated heterocycles. The van der Waals surface area contributed by atoms with Crippen LogP contribution < -0.4 is 10.9 Å². The van der Waals surface area contributed by atoms with Crippen molar-refractivity contribution in [2.24, 2.45) is 5.92 Å². The average Bonchev–Trinajstić information content (AvgIpc) is 3.39. The Morgan fingerprint density at radius 1 is 1.31 bits per heavy atom. The maximum atomic E-state index is 12.9. The predicted molar refractivity (Wildman–Crippen MR) is 116 cm³/mol. The van der Waals surface area contributed by atoms with E-state index < -0.39 is 11.8 Å².